The number of furan rings is 1. The third-order valence-electron chi connectivity index (χ3n) is 8.10. The van der Waals surface area contributed by atoms with E-state index in [1.54, 1.807) is 0 Å². The molecule has 3 heteroatoms. The van der Waals surface area contributed by atoms with E-state index in [4.69, 9.17) is 4.42 Å². The van der Waals surface area contributed by atoms with E-state index in [-0.39, 0.29) is 0 Å². The number of benzene rings is 6. The van der Waals surface area contributed by atoms with E-state index in [0.29, 0.717) is 0 Å². The molecule has 3 nitrogen and oxygen atoms in total. The molecule has 182 valence electrons. The van der Waals surface area contributed by atoms with Crippen molar-refractivity contribution in [2.24, 2.45) is 0 Å². The van der Waals surface area contributed by atoms with E-state index in [0.717, 1.165) is 33.3 Å². The van der Waals surface area contributed by atoms with Crippen LogP contribution in [0.25, 0.3) is 76.9 Å². The van der Waals surface area contributed by atoms with Gasteiger partial charge in [0, 0.05) is 49.8 Å². The average molecular weight is 499 g/mol. The van der Waals surface area contributed by atoms with Crippen LogP contribution in [-0.4, -0.2) is 9.13 Å². The molecular formula is C36H22N2O. The van der Waals surface area contributed by atoms with Crippen LogP contribution in [0.1, 0.15) is 0 Å². The highest BCUT2D eigenvalue weighted by molar-refractivity contribution is 6.26. The van der Waals surface area contributed by atoms with Crippen LogP contribution in [0.4, 0.5) is 0 Å². The Balaban J connectivity index is 1.45. The van der Waals surface area contributed by atoms with Crippen molar-refractivity contribution in [3.63, 3.8) is 0 Å². The first-order chi connectivity index (χ1) is 19.4. The number of rotatable bonds is 2. The van der Waals surface area contributed by atoms with Gasteiger partial charge >= 0.3 is 0 Å². The first kappa shape index (κ1) is 20.7. The van der Waals surface area contributed by atoms with Crippen molar-refractivity contribution in [1.82, 2.24) is 9.13 Å². The SMILES string of the molecule is c1ccc(-n2c3ccccc3c3ccc4c(c5ccccc5n4-c4ccc5c(c4)oc4ccccc45)c32)cc1. The van der Waals surface area contributed by atoms with Gasteiger partial charge in [0.2, 0.25) is 0 Å². The number of fused-ring (bicyclic) bond motifs is 10. The van der Waals surface area contributed by atoms with Crippen LogP contribution in [-0.2, 0) is 0 Å². The second-order valence-electron chi connectivity index (χ2n) is 10.2. The first-order valence-electron chi connectivity index (χ1n) is 13.3. The van der Waals surface area contributed by atoms with Crippen LogP contribution in [0.5, 0.6) is 0 Å². The lowest BCUT2D eigenvalue weighted by Gasteiger charge is -2.10. The van der Waals surface area contributed by atoms with Gasteiger partial charge in [-0.1, -0.05) is 78.9 Å². The third kappa shape index (κ3) is 2.76. The normalized spacial score (nSPS) is 12.1. The molecule has 0 atom stereocenters. The number of nitrogens with zero attached hydrogens (tertiary/aromatic N) is 2. The Kier molecular flexibility index (Phi) is 4.05. The summed E-state index contributed by atoms with van der Waals surface area (Å²) in [5.74, 6) is 0. The van der Waals surface area contributed by atoms with Crippen LogP contribution in [0, 0.1) is 0 Å². The van der Waals surface area contributed by atoms with Crippen molar-refractivity contribution >= 4 is 65.6 Å². The van der Waals surface area contributed by atoms with Gasteiger partial charge in [-0.05, 0) is 48.5 Å². The Bertz CT molecular complexity index is 2390. The van der Waals surface area contributed by atoms with E-state index < -0.39 is 0 Å². The van der Waals surface area contributed by atoms with Crippen molar-refractivity contribution in [2.45, 2.75) is 0 Å². The smallest absolute Gasteiger partial charge is 0.137 e. The molecule has 0 aliphatic heterocycles. The average Bonchev–Trinajstić information content (AvgIpc) is 3.64. The fraction of sp³-hybridized carbons (Fsp3) is 0. The number of hydrogen-bond acceptors (Lipinski definition) is 1. The van der Waals surface area contributed by atoms with E-state index in [1.807, 2.05) is 12.1 Å². The molecule has 3 aromatic heterocycles. The van der Waals surface area contributed by atoms with Gasteiger partial charge in [-0.25, -0.2) is 0 Å². The molecule has 0 bridgehead atoms. The van der Waals surface area contributed by atoms with Gasteiger partial charge in [-0.3, -0.25) is 0 Å². The Morgan fingerprint density at radius 2 is 1.03 bits per heavy atom. The second-order valence-corrected chi connectivity index (χ2v) is 10.2. The standard InChI is InChI=1S/C36H22N2O/c1-2-10-23(11-3-1)38-30-15-7-4-12-25(30)28-20-21-32-35(36(28)38)29-14-5-8-16-31(29)37(32)24-18-19-27-26-13-6-9-17-33(26)39-34(27)22-24/h1-22H. The van der Waals surface area contributed by atoms with Crippen LogP contribution < -0.4 is 0 Å². The molecule has 0 aliphatic rings. The lowest BCUT2D eigenvalue weighted by atomic mass is 10.1. The summed E-state index contributed by atoms with van der Waals surface area (Å²) in [5, 5.41) is 7.31. The van der Waals surface area contributed by atoms with E-state index in [1.165, 1.54) is 43.6 Å². The first-order valence-corrected chi connectivity index (χ1v) is 13.3. The quantitative estimate of drug-likeness (QED) is 0.233. The van der Waals surface area contributed by atoms with Crippen LogP contribution in [0.15, 0.2) is 138 Å². The Morgan fingerprint density at radius 3 is 1.87 bits per heavy atom. The van der Waals surface area contributed by atoms with Crippen molar-refractivity contribution in [2.75, 3.05) is 0 Å². The molecule has 9 aromatic rings. The highest BCUT2D eigenvalue weighted by atomic mass is 16.3. The summed E-state index contributed by atoms with van der Waals surface area (Å²) in [7, 11) is 0. The van der Waals surface area contributed by atoms with Crippen molar-refractivity contribution in [3.05, 3.63) is 133 Å². The highest BCUT2D eigenvalue weighted by Gasteiger charge is 2.21. The Hall–Kier alpha value is -5.28. The van der Waals surface area contributed by atoms with E-state index >= 15 is 0 Å². The van der Waals surface area contributed by atoms with Gasteiger partial charge in [0.05, 0.1) is 22.1 Å². The molecular weight excluding hydrogens is 476 g/mol. The van der Waals surface area contributed by atoms with E-state index in [2.05, 4.69) is 130 Å². The molecule has 0 fully saturated rings. The minimum absolute atomic E-state index is 0.902. The Labute approximate surface area is 223 Å². The minimum Gasteiger partial charge on any atom is -0.456 e. The predicted octanol–water partition coefficient (Wildman–Crippen LogP) is 9.78. The van der Waals surface area contributed by atoms with Crippen LogP contribution in [0.3, 0.4) is 0 Å². The molecule has 6 aromatic carbocycles. The molecule has 0 unspecified atom stereocenters. The van der Waals surface area contributed by atoms with Gasteiger partial charge in [0.25, 0.3) is 0 Å². The summed E-state index contributed by atoms with van der Waals surface area (Å²) in [6.07, 6.45) is 0. The van der Waals surface area contributed by atoms with Crippen LogP contribution in [0.2, 0.25) is 0 Å². The maximum atomic E-state index is 6.28. The minimum atomic E-state index is 0.902. The zero-order valence-corrected chi connectivity index (χ0v) is 21.0. The molecule has 0 saturated heterocycles. The van der Waals surface area contributed by atoms with Crippen molar-refractivity contribution in [1.29, 1.82) is 0 Å². The fourth-order valence-corrected chi connectivity index (χ4v) is 6.49. The zero-order valence-electron chi connectivity index (χ0n) is 21.0. The fourth-order valence-electron chi connectivity index (χ4n) is 6.49. The van der Waals surface area contributed by atoms with Crippen molar-refractivity contribution < 1.29 is 4.42 Å². The molecule has 0 N–H and O–H groups in total. The molecule has 0 amide bonds. The summed E-state index contributed by atoms with van der Waals surface area (Å²) in [6.45, 7) is 0. The summed E-state index contributed by atoms with van der Waals surface area (Å²) in [5.41, 5.74) is 8.89. The van der Waals surface area contributed by atoms with Gasteiger partial charge < -0.3 is 13.6 Å². The van der Waals surface area contributed by atoms with Gasteiger partial charge in [0.15, 0.2) is 0 Å². The zero-order chi connectivity index (χ0) is 25.5. The van der Waals surface area contributed by atoms with Crippen LogP contribution >= 0.6 is 0 Å². The van der Waals surface area contributed by atoms with E-state index in [9.17, 15) is 0 Å². The highest BCUT2D eigenvalue weighted by Crippen LogP contribution is 2.42. The topological polar surface area (TPSA) is 23.0 Å². The number of hydrogen-bond donors (Lipinski definition) is 0. The van der Waals surface area contributed by atoms with Gasteiger partial charge in [0.1, 0.15) is 11.2 Å². The summed E-state index contributed by atoms with van der Waals surface area (Å²) < 4.78 is 11.1. The maximum absolute atomic E-state index is 6.28. The maximum Gasteiger partial charge on any atom is 0.137 e. The number of para-hydroxylation sites is 4. The largest absolute Gasteiger partial charge is 0.456 e. The molecule has 0 aliphatic carbocycles. The monoisotopic (exact) mass is 498 g/mol. The molecule has 39 heavy (non-hydrogen) atoms. The number of aromatic nitrogens is 2. The predicted molar refractivity (Wildman–Crippen MR) is 162 cm³/mol. The third-order valence-corrected chi connectivity index (χ3v) is 8.10. The second kappa shape index (κ2) is 7.62. The van der Waals surface area contributed by atoms with Crippen molar-refractivity contribution in [3.8, 4) is 11.4 Å². The lowest BCUT2D eigenvalue weighted by molar-refractivity contribution is 0.668. The molecule has 0 radical (unpaired) electrons. The Morgan fingerprint density at radius 1 is 0.385 bits per heavy atom. The summed E-state index contributed by atoms with van der Waals surface area (Å²) >= 11 is 0. The molecule has 0 saturated carbocycles. The van der Waals surface area contributed by atoms with Gasteiger partial charge in [-0.15, -0.1) is 0 Å². The molecule has 3 heterocycles. The molecule has 9 rings (SSSR count). The molecule has 0 spiro atoms. The van der Waals surface area contributed by atoms with Gasteiger partial charge in [-0.2, -0.15) is 0 Å². The summed E-state index contributed by atoms with van der Waals surface area (Å²) in [4.78, 5) is 0. The summed E-state index contributed by atoms with van der Waals surface area (Å²) in [6, 6.07) is 47.6. The lowest BCUT2D eigenvalue weighted by Crippen LogP contribution is -1.95.